The Morgan fingerprint density at radius 3 is 2.62 bits per heavy atom. The fourth-order valence-corrected chi connectivity index (χ4v) is 4.32. The Hall–Kier alpha value is -2.26. The van der Waals surface area contributed by atoms with Crippen molar-refractivity contribution >= 4 is 33.4 Å². The monoisotopic (exact) mass is 440 g/mol. The van der Waals surface area contributed by atoms with Crippen molar-refractivity contribution in [1.29, 1.82) is 0 Å². The van der Waals surface area contributed by atoms with Gasteiger partial charge in [-0.15, -0.1) is 0 Å². The molecule has 6 nitrogen and oxygen atoms in total. The minimum atomic E-state index is -3.69. The summed E-state index contributed by atoms with van der Waals surface area (Å²) in [5, 5.41) is 2.71. The van der Waals surface area contributed by atoms with Crippen LogP contribution in [0.4, 0.5) is 10.1 Å². The third-order valence-electron chi connectivity index (χ3n) is 4.07. The minimum Gasteiger partial charge on any atom is -0.495 e. The van der Waals surface area contributed by atoms with Gasteiger partial charge in [-0.3, -0.25) is 9.10 Å². The van der Waals surface area contributed by atoms with Crippen LogP contribution in [0.15, 0.2) is 42.5 Å². The number of nitrogens with one attached hydrogen (secondary N) is 1. The quantitative estimate of drug-likeness (QED) is 0.575. The number of hydrogen-bond donors (Lipinski definition) is 1. The molecule has 9 heteroatoms. The van der Waals surface area contributed by atoms with Crippen molar-refractivity contribution in [3.05, 3.63) is 59.4 Å². The maximum atomic E-state index is 13.6. The average Bonchev–Trinajstić information content (AvgIpc) is 2.66. The van der Waals surface area contributed by atoms with Crippen LogP contribution in [-0.2, 0) is 20.6 Å². The number of anilines is 1. The highest BCUT2D eigenvalue weighted by Gasteiger charge is 2.24. The van der Waals surface area contributed by atoms with Crippen molar-refractivity contribution in [3.8, 4) is 5.75 Å². The molecule has 0 fully saturated rings. The van der Waals surface area contributed by atoms with Gasteiger partial charge in [0.25, 0.3) is 0 Å². The number of methoxy groups -OCH3 is 1. The minimum absolute atomic E-state index is 0.250. The van der Waals surface area contributed by atoms with Crippen LogP contribution >= 0.6 is 11.8 Å². The third-order valence-corrected chi connectivity index (χ3v) is 6.21. The molecule has 0 bridgehead atoms. The number of nitrogens with zero attached hydrogens (tertiary/aromatic N) is 1. The lowest BCUT2D eigenvalue weighted by atomic mass is 10.2. The zero-order chi connectivity index (χ0) is 21.4. The van der Waals surface area contributed by atoms with Gasteiger partial charge in [0.2, 0.25) is 15.9 Å². The third kappa shape index (κ3) is 6.93. The Kier molecular flexibility index (Phi) is 8.33. The molecule has 0 aliphatic heterocycles. The van der Waals surface area contributed by atoms with E-state index in [0.29, 0.717) is 35.1 Å². The number of rotatable bonds is 10. The standard InChI is InChI=1S/C20H25FN2O4S2/c1-15-8-9-19(27-2)18(12-15)23(29(3,25)26)13-20(24)22-10-11-28-14-16-6-4-5-7-17(16)21/h4-9,12H,10-11,13-14H2,1-3H3,(H,22,24). The topological polar surface area (TPSA) is 75.7 Å². The molecule has 1 N–H and O–H groups in total. The highest BCUT2D eigenvalue weighted by atomic mass is 32.2. The van der Waals surface area contributed by atoms with Crippen molar-refractivity contribution in [1.82, 2.24) is 5.32 Å². The summed E-state index contributed by atoms with van der Waals surface area (Å²) in [6, 6.07) is 11.7. The zero-order valence-corrected chi connectivity index (χ0v) is 18.3. The molecule has 0 heterocycles. The van der Waals surface area contributed by atoms with Gasteiger partial charge in [0.05, 0.1) is 19.1 Å². The van der Waals surface area contributed by atoms with Crippen LogP contribution < -0.4 is 14.4 Å². The molecule has 0 aliphatic rings. The fraction of sp³-hybridized carbons (Fsp3) is 0.350. The molecule has 0 radical (unpaired) electrons. The second-order valence-corrected chi connectivity index (χ2v) is 9.45. The van der Waals surface area contributed by atoms with Gasteiger partial charge in [-0.25, -0.2) is 12.8 Å². The Morgan fingerprint density at radius 2 is 1.97 bits per heavy atom. The fourth-order valence-electron chi connectivity index (χ4n) is 2.62. The highest BCUT2D eigenvalue weighted by molar-refractivity contribution is 7.98. The zero-order valence-electron chi connectivity index (χ0n) is 16.6. The van der Waals surface area contributed by atoms with E-state index in [-0.39, 0.29) is 12.4 Å². The van der Waals surface area contributed by atoms with Crippen LogP contribution in [0, 0.1) is 12.7 Å². The number of hydrogen-bond acceptors (Lipinski definition) is 5. The van der Waals surface area contributed by atoms with Crippen molar-refractivity contribution in [3.63, 3.8) is 0 Å². The van der Waals surface area contributed by atoms with Gasteiger partial charge in [0, 0.05) is 18.1 Å². The number of aryl methyl sites for hydroxylation is 1. The molecule has 2 aromatic rings. The highest BCUT2D eigenvalue weighted by Crippen LogP contribution is 2.30. The number of thioether (sulfide) groups is 1. The Balaban J connectivity index is 1.92. The molecule has 2 rings (SSSR count). The van der Waals surface area contributed by atoms with Gasteiger partial charge >= 0.3 is 0 Å². The van der Waals surface area contributed by atoms with Crippen LogP contribution in [0.5, 0.6) is 5.75 Å². The molecule has 29 heavy (non-hydrogen) atoms. The van der Waals surface area contributed by atoms with E-state index in [9.17, 15) is 17.6 Å². The van der Waals surface area contributed by atoms with Crippen LogP contribution in [0.25, 0.3) is 0 Å². The Bertz CT molecular complexity index is 951. The number of sulfonamides is 1. The van der Waals surface area contributed by atoms with Crippen molar-refractivity contribution in [2.45, 2.75) is 12.7 Å². The predicted octanol–water partition coefficient (Wildman–Crippen LogP) is 2.96. The molecule has 0 aliphatic carbocycles. The first kappa shape index (κ1) is 23.0. The van der Waals surface area contributed by atoms with E-state index in [1.807, 2.05) is 6.92 Å². The van der Waals surface area contributed by atoms with E-state index in [0.717, 1.165) is 16.1 Å². The Labute approximate surface area is 175 Å². The van der Waals surface area contributed by atoms with Gasteiger partial charge in [-0.05, 0) is 36.2 Å². The second-order valence-electron chi connectivity index (χ2n) is 6.44. The van der Waals surface area contributed by atoms with Crippen LogP contribution in [0.3, 0.4) is 0 Å². The lowest BCUT2D eigenvalue weighted by Crippen LogP contribution is -2.41. The maximum Gasteiger partial charge on any atom is 0.240 e. The van der Waals surface area contributed by atoms with Crippen molar-refractivity contribution in [2.75, 3.05) is 36.5 Å². The number of amides is 1. The molecule has 0 aromatic heterocycles. The molecule has 0 atom stereocenters. The Morgan fingerprint density at radius 1 is 1.24 bits per heavy atom. The summed E-state index contributed by atoms with van der Waals surface area (Å²) in [4.78, 5) is 12.3. The number of benzene rings is 2. The van der Waals surface area contributed by atoms with Crippen molar-refractivity contribution in [2.24, 2.45) is 0 Å². The molecular formula is C20H25FN2O4S2. The lowest BCUT2D eigenvalue weighted by Gasteiger charge is -2.24. The number of halogens is 1. The van der Waals surface area contributed by atoms with Gasteiger partial charge in [0.1, 0.15) is 18.1 Å². The van der Waals surface area contributed by atoms with E-state index < -0.39 is 15.9 Å². The summed E-state index contributed by atoms with van der Waals surface area (Å²) in [7, 11) is -2.25. The molecule has 0 saturated carbocycles. The normalized spacial score (nSPS) is 11.2. The van der Waals surface area contributed by atoms with Gasteiger partial charge < -0.3 is 10.1 Å². The first-order valence-electron chi connectivity index (χ1n) is 8.92. The lowest BCUT2D eigenvalue weighted by molar-refractivity contribution is -0.119. The largest absolute Gasteiger partial charge is 0.495 e. The number of ether oxygens (including phenoxy) is 1. The van der Waals surface area contributed by atoms with E-state index in [4.69, 9.17) is 4.74 Å². The maximum absolute atomic E-state index is 13.6. The van der Waals surface area contributed by atoms with E-state index in [2.05, 4.69) is 5.32 Å². The molecule has 2 aromatic carbocycles. The van der Waals surface area contributed by atoms with Crippen LogP contribution in [0.1, 0.15) is 11.1 Å². The molecule has 0 unspecified atom stereocenters. The molecule has 158 valence electrons. The molecule has 0 saturated heterocycles. The first-order chi connectivity index (χ1) is 13.7. The van der Waals surface area contributed by atoms with Gasteiger partial charge in [-0.1, -0.05) is 24.3 Å². The average molecular weight is 441 g/mol. The second kappa shape index (κ2) is 10.5. The SMILES string of the molecule is COc1ccc(C)cc1N(CC(=O)NCCSCc1ccccc1F)S(C)(=O)=O. The van der Waals surface area contributed by atoms with Crippen LogP contribution in [-0.4, -0.2) is 46.5 Å². The molecular weight excluding hydrogens is 415 g/mol. The summed E-state index contributed by atoms with van der Waals surface area (Å²) in [6.45, 7) is 1.83. The van der Waals surface area contributed by atoms with Crippen molar-refractivity contribution < 1.29 is 22.3 Å². The predicted molar refractivity (Wildman–Crippen MR) is 115 cm³/mol. The van der Waals surface area contributed by atoms with E-state index in [1.165, 1.54) is 24.9 Å². The summed E-state index contributed by atoms with van der Waals surface area (Å²) in [6.07, 6.45) is 1.05. The van der Waals surface area contributed by atoms with Gasteiger partial charge in [0.15, 0.2) is 0 Å². The van der Waals surface area contributed by atoms with Gasteiger partial charge in [-0.2, -0.15) is 11.8 Å². The van der Waals surface area contributed by atoms with Crippen LogP contribution in [0.2, 0.25) is 0 Å². The number of carbonyl (C=O) groups is 1. The molecule has 0 spiro atoms. The number of carbonyl (C=O) groups excluding carboxylic acids is 1. The summed E-state index contributed by atoms with van der Waals surface area (Å²) >= 11 is 1.48. The van der Waals surface area contributed by atoms with E-state index >= 15 is 0 Å². The summed E-state index contributed by atoms with van der Waals surface area (Å²) in [5.74, 6) is 0.769. The summed E-state index contributed by atoms with van der Waals surface area (Å²) < 4.78 is 44.4. The molecule has 1 amide bonds. The smallest absolute Gasteiger partial charge is 0.240 e. The summed E-state index contributed by atoms with van der Waals surface area (Å²) in [5.41, 5.74) is 1.78. The van der Waals surface area contributed by atoms with E-state index in [1.54, 1.807) is 36.4 Å². The first-order valence-corrected chi connectivity index (χ1v) is 11.9.